The van der Waals surface area contributed by atoms with E-state index in [9.17, 15) is 40.9 Å². The smallest absolute Gasteiger partial charge is 0.164 e. The summed E-state index contributed by atoms with van der Waals surface area (Å²) in [5.74, 6) is 0.950. The van der Waals surface area contributed by atoms with Crippen LogP contribution in [0.3, 0.4) is 0 Å². The molecule has 10 aromatic heterocycles. The van der Waals surface area contributed by atoms with Gasteiger partial charge in [0.25, 0.3) is 0 Å². The number of hydrogen-bond donors (Lipinski definition) is 10. The van der Waals surface area contributed by atoms with Gasteiger partial charge in [-0.15, -0.1) is 0 Å². The average molecular weight is 1840 g/mol. The zero-order valence-corrected chi connectivity index (χ0v) is 73.9. The summed E-state index contributed by atoms with van der Waals surface area (Å²) in [5.41, 5.74) is 22.4. The van der Waals surface area contributed by atoms with Gasteiger partial charge in [-0.05, 0) is 202 Å². The van der Waals surface area contributed by atoms with Crippen LogP contribution in [0.25, 0.3) is 65.9 Å². The molecule has 6 aliphatic heterocycles. The second-order valence-corrected chi connectivity index (χ2v) is 37.9. The molecule has 0 radical (unpaired) electrons. The van der Waals surface area contributed by atoms with Crippen LogP contribution < -0.4 is 11.5 Å². The number of ether oxygens (including phenoxy) is 4. The number of fused-ring (bicyclic) bond motifs is 6. The molecule has 14 aromatic rings. The summed E-state index contributed by atoms with van der Waals surface area (Å²) in [5, 5.41) is 93.9. The number of aliphatic hydroxyl groups excluding tert-OH is 8. The number of nitrogens with zero attached hydrogens (tertiary/aromatic N) is 16. The number of halogens is 2. The maximum atomic E-state index is 11.3. The second-order valence-electron chi connectivity index (χ2n) is 36.2. The molecule has 30 nitrogen and oxygen atoms in total. The quantitative estimate of drug-likeness (QED) is 0.0543. The maximum Gasteiger partial charge on any atom is 0.164 e. The van der Waals surface area contributed by atoms with E-state index >= 15 is 0 Å². The number of aromatic nitrogens is 14. The number of aryl methyl sites for hydroxylation is 4. The van der Waals surface area contributed by atoms with Crippen molar-refractivity contribution in [3.8, 4) is 0 Å². The monoisotopic (exact) mass is 1830 g/mol. The van der Waals surface area contributed by atoms with Crippen molar-refractivity contribution in [1.29, 1.82) is 0 Å². The predicted molar refractivity (Wildman–Crippen MR) is 481 cm³/mol. The molecule has 0 bridgehead atoms. The highest BCUT2D eigenvalue weighted by atomic mass is 79.9. The maximum absolute atomic E-state index is 11.3. The molecule has 0 amide bonds. The molecule has 2 saturated carbocycles. The number of nitrogens with two attached hydrogens (primary N) is 2. The summed E-state index contributed by atoms with van der Waals surface area (Å²) in [6, 6.07) is 44.6. The fourth-order valence-electron chi connectivity index (χ4n) is 21.5. The fourth-order valence-corrected chi connectivity index (χ4v) is 22.2. The van der Waals surface area contributed by atoms with Gasteiger partial charge in [0.2, 0.25) is 0 Å². The molecular weight excluding hydrogens is 1730 g/mol. The van der Waals surface area contributed by atoms with Crippen molar-refractivity contribution >= 4 is 109 Å². The SMILES string of the molecule is Cc1ncnc2c1ccn2C1CC2(CC(Cc3ccc4cc(Br)c(N)nc4c3)N(C)C2)C(O)C1O.Cc1ncnc2c1ccn2C1CC2(COC(Cc3ccccc3)C2)C(O)C1O.Cc1ncnc2c1ccn2C1OC2(CC(Cc3ccc4cc(Br)c(N)nc4c3)N(C)C2)C(O)C1O.Cc1ncnc2c1ccn2C1OC2(COC(Cc3ccccc3)C2)C(O)C1O. The number of benzene rings is 4. The standard InChI is InChI=1S/C26H29BrN6O2.C25H27BrN6O3.C22H25N3O3.C21H23N3O4/c1-14-18-5-6-33(25(18)30-13-29-14)21-11-26(23(35)22(21)34)10-17(32(2)12-26)7-15-3-4-16-9-19(27)24(28)31-20(16)8-15;1-13-17-5-6-32(23(17)29-12-28-13)24-20(33)21(34)25(35-24)10-16(31(2)11-25)7-14-3-4-15-9-18(26)22(27)30-19(15)8-14;1-14-17-7-8-25(21(17)24-13-23-14)18-11-22(20(27)19(18)26)10-16(28-12-22)9-15-5-3-2-4-6-15;1-13-16-7-8-24(19(16)23-12-22-13)20-17(25)18(26)21(28-20)10-15(27-11-21)9-14-5-3-2-4-6-14/h3-6,8-9,13,17,21-23,34-35H,7,10-12H2,1-2H3,(H2,28,31);3-6,8-9,12,16,20-21,24,33-34H,7,10-11H2,1-2H3,(H2,27,30);2-8,13,16,18-20,26-27H,9-12H2,1H3;2-8,12,15,17-18,20,25-26H,9-11H2,1H3. The molecule has 126 heavy (non-hydrogen) atoms. The number of rotatable bonds is 12. The van der Waals surface area contributed by atoms with E-state index < -0.39 is 77.9 Å². The van der Waals surface area contributed by atoms with Crippen LogP contribution in [0.15, 0.2) is 193 Å². The number of pyridine rings is 2. The molecule has 20 atom stereocenters. The van der Waals surface area contributed by atoms with Crippen molar-refractivity contribution in [1.82, 2.24) is 77.9 Å². The van der Waals surface area contributed by atoms with Crippen LogP contribution in [-0.4, -0.2) is 243 Å². The molecular formula is C94H104Br2N18O12. The van der Waals surface area contributed by atoms with E-state index in [1.54, 1.807) is 21.8 Å². The Labute approximate surface area is 743 Å². The lowest BCUT2D eigenvalue weighted by atomic mass is 9.80. The van der Waals surface area contributed by atoms with Gasteiger partial charge < -0.3 is 99.3 Å². The van der Waals surface area contributed by atoms with Gasteiger partial charge in [0.15, 0.2) is 12.5 Å². The second kappa shape index (κ2) is 34.0. The number of nitrogen functional groups attached to an aromatic ring is 2. The molecule has 8 aliphatic rings. The number of anilines is 2. The average Bonchev–Trinajstić information content (AvgIpc) is 1.57. The summed E-state index contributed by atoms with van der Waals surface area (Å²) >= 11 is 6.88. The van der Waals surface area contributed by atoms with Gasteiger partial charge in [0.1, 0.15) is 107 Å². The molecule has 32 heteroatoms. The minimum atomic E-state index is -1.07. The Hall–Kier alpha value is -9.82. The van der Waals surface area contributed by atoms with Gasteiger partial charge in [-0.2, -0.15) is 0 Å². The number of hydrogen-bond acceptors (Lipinski definition) is 26. The highest BCUT2D eigenvalue weighted by molar-refractivity contribution is 9.11. The Morgan fingerprint density at radius 2 is 0.786 bits per heavy atom. The van der Waals surface area contributed by atoms with Crippen molar-refractivity contribution in [2.45, 2.75) is 201 Å². The molecule has 6 saturated heterocycles. The summed E-state index contributed by atoms with van der Waals surface area (Å²) in [4.78, 5) is 48.2. The van der Waals surface area contributed by atoms with Crippen molar-refractivity contribution in [3.05, 3.63) is 238 Å². The van der Waals surface area contributed by atoms with Gasteiger partial charge in [-0.3, -0.25) is 0 Å². The first-order valence-electron chi connectivity index (χ1n) is 43.0. The van der Waals surface area contributed by atoms with Gasteiger partial charge in [-0.1, -0.05) is 84.9 Å². The van der Waals surface area contributed by atoms with Gasteiger partial charge in [0, 0.05) is 99.5 Å². The first kappa shape index (κ1) is 85.6. The third-order valence-electron chi connectivity index (χ3n) is 28.2. The number of aliphatic hydroxyl groups is 8. The topological polar surface area (TPSA) is 406 Å². The molecule has 4 spiro atoms. The van der Waals surface area contributed by atoms with E-state index in [4.69, 9.17) is 30.4 Å². The lowest BCUT2D eigenvalue weighted by Crippen LogP contribution is -2.44. The van der Waals surface area contributed by atoms with E-state index in [-0.39, 0.29) is 48.4 Å². The number of likely N-dealkylation sites (tertiary alicyclic amines) is 2. The van der Waals surface area contributed by atoms with Crippen LogP contribution in [0, 0.1) is 38.5 Å². The van der Waals surface area contributed by atoms with Crippen LogP contribution in [0.4, 0.5) is 11.6 Å². The first-order chi connectivity index (χ1) is 60.7. The molecule has 22 rings (SSSR count). The van der Waals surface area contributed by atoms with Crippen molar-refractivity contribution in [2.75, 3.05) is 51.9 Å². The van der Waals surface area contributed by atoms with Crippen LogP contribution >= 0.6 is 31.9 Å². The molecule has 20 unspecified atom stereocenters. The Kier molecular flexibility index (Phi) is 23.1. The summed E-state index contributed by atoms with van der Waals surface area (Å²) in [6.45, 7) is 9.74. The minimum absolute atomic E-state index is 0.0611. The first-order valence-corrected chi connectivity index (χ1v) is 44.6. The zero-order valence-electron chi connectivity index (χ0n) is 70.7. The fraction of sp³-hybridized carbons (Fsp3) is 0.426. The minimum Gasteiger partial charge on any atom is -0.390 e. The number of likely N-dealkylation sites (N-methyl/N-ethyl adjacent to an activating group) is 2. The van der Waals surface area contributed by atoms with Gasteiger partial charge in [0.05, 0.1) is 92.5 Å². The van der Waals surface area contributed by atoms with Crippen LogP contribution in [0.1, 0.15) is 108 Å². The Bertz CT molecular complexity index is 5990. The molecule has 4 aromatic carbocycles. The van der Waals surface area contributed by atoms with Crippen molar-refractivity contribution in [3.63, 3.8) is 0 Å². The molecule has 12 N–H and O–H groups in total. The Morgan fingerprint density at radius 1 is 0.389 bits per heavy atom. The lowest BCUT2D eigenvalue weighted by Gasteiger charge is -2.27. The summed E-state index contributed by atoms with van der Waals surface area (Å²) < 4.78 is 34.0. The van der Waals surface area contributed by atoms with E-state index in [0.717, 1.165) is 137 Å². The van der Waals surface area contributed by atoms with Crippen LogP contribution in [0.2, 0.25) is 0 Å². The normalized spacial score (nSPS) is 30.7. The van der Waals surface area contributed by atoms with E-state index in [2.05, 4.69) is 153 Å². The van der Waals surface area contributed by atoms with Crippen molar-refractivity contribution in [2.24, 2.45) is 10.8 Å². The predicted octanol–water partition coefficient (Wildman–Crippen LogP) is 9.99. The Balaban J connectivity index is 0.000000110. The lowest BCUT2D eigenvalue weighted by molar-refractivity contribution is -0.103. The molecule has 8 fully saturated rings. The van der Waals surface area contributed by atoms with E-state index in [1.165, 1.54) is 29.3 Å². The van der Waals surface area contributed by atoms with Crippen LogP contribution in [-0.2, 0) is 44.6 Å². The molecule has 16 heterocycles. The largest absolute Gasteiger partial charge is 0.390 e. The van der Waals surface area contributed by atoms with Crippen LogP contribution in [0.5, 0.6) is 0 Å². The molecule has 2 aliphatic carbocycles. The zero-order chi connectivity index (χ0) is 87.6. The Morgan fingerprint density at radius 3 is 1.26 bits per heavy atom. The molecule has 656 valence electrons. The van der Waals surface area contributed by atoms with Crippen molar-refractivity contribution < 1.29 is 59.8 Å². The van der Waals surface area contributed by atoms with Gasteiger partial charge in [-0.25, -0.2) is 49.8 Å². The van der Waals surface area contributed by atoms with E-state index in [1.807, 2.05) is 148 Å². The summed E-state index contributed by atoms with van der Waals surface area (Å²) in [6.07, 6.45) is 12.0. The summed E-state index contributed by atoms with van der Waals surface area (Å²) in [7, 11) is 4.15. The third kappa shape index (κ3) is 15.6. The van der Waals surface area contributed by atoms with Gasteiger partial charge >= 0.3 is 0 Å². The highest BCUT2D eigenvalue weighted by Gasteiger charge is 2.62. The van der Waals surface area contributed by atoms with E-state index in [0.29, 0.717) is 61.8 Å². The highest BCUT2D eigenvalue weighted by Crippen LogP contribution is 2.55. The third-order valence-corrected chi connectivity index (χ3v) is 29.5.